The second kappa shape index (κ2) is 12.3. The topological polar surface area (TPSA) is 98.9 Å². The van der Waals surface area contributed by atoms with Crippen LogP contribution >= 0.6 is 11.3 Å². The van der Waals surface area contributed by atoms with E-state index in [0.29, 0.717) is 35.6 Å². The van der Waals surface area contributed by atoms with E-state index in [4.69, 9.17) is 5.73 Å². The highest BCUT2D eigenvalue weighted by Gasteiger charge is 2.38. The summed E-state index contributed by atoms with van der Waals surface area (Å²) in [5.74, 6) is -2.06. The second-order valence-electron chi connectivity index (χ2n) is 12.4. The Morgan fingerprint density at radius 1 is 1.27 bits per heavy atom. The quantitative estimate of drug-likeness (QED) is 0.184. The first kappa shape index (κ1) is 30.8. The molecule has 4 heterocycles. The van der Waals surface area contributed by atoms with Gasteiger partial charge in [-0.05, 0) is 61.6 Å². The molecule has 1 saturated heterocycles. The summed E-state index contributed by atoms with van der Waals surface area (Å²) in [7, 11) is 0. The number of carbonyl (C=O) groups excluding carboxylic acids is 1. The molecular formula is C36H37F2N5OS. The number of carbonyl (C=O) groups is 1. The van der Waals surface area contributed by atoms with E-state index in [2.05, 4.69) is 48.1 Å². The number of ketones is 1. The average Bonchev–Trinajstić information content (AvgIpc) is 3.70. The van der Waals surface area contributed by atoms with E-state index >= 15 is 0 Å². The van der Waals surface area contributed by atoms with Crippen molar-refractivity contribution in [3.05, 3.63) is 116 Å². The standard InChI is InChI=1S/C36H37F2N5OS/c1-21-4-7-24(19-43-13-12-36(37,38)20-43)15-25(8-5-21)26-16-29(35(40)41-18-26)34(39)31-17-28-27(9-6-22(2)14-30(28)42-31)33-11-10-32(45-33)23(3)44/h4,6-11,15-18,21,39,42H,5,12-14,19-20H2,1-3H3,(H2,40,41)/t21-/m0/s1. The fourth-order valence-corrected chi connectivity index (χ4v) is 6.96. The van der Waals surface area contributed by atoms with E-state index in [1.165, 1.54) is 16.9 Å². The minimum Gasteiger partial charge on any atom is -0.383 e. The summed E-state index contributed by atoms with van der Waals surface area (Å²) < 4.78 is 27.8. The van der Waals surface area contributed by atoms with E-state index in [0.717, 1.165) is 44.8 Å². The van der Waals surface area contributed by atoms with Crippen LogP contribution in [0.5, 0.6) is 0 Å². The molecule has 1 fully saturated rings. The number of pyridine rings is 1. The summed E-state index contributed by atoms with van der Waals surface area (Å²) in [6.07, 6.45) is 15.7. The van der Waals surface area contributed by atoms with Gasteiger partial charge >= 0.3 is 0 Å². The van der Waals surface area contributed by atoms with Crippen LogP contribution in [0.25, 0.3) is 11.1 Å². The van der Waals surface area contributed by atoms with Crippen LogP contribution in [0, 0.1) is 11.3 Å². The van der Waals surface area contributed by atoms with Gasteiger partial charge < -0.3 is 10.7 Å². The molecule has 0 radical (unpaired) electrons. The monoisotopic (exact) mass is 625 g/mol. The minimum atomic E-state index is -2.64. The largest absolute Gasteiger partial charge is 0.383 e. The molecule has 2 aliphatic carbocycles. The van der Waals surface area contributed by atoms with Gasteiger partial charge in [-0.25, -0.2) is 13.8 Å². The molecule has 3 aliphatic rings. The number of nitrogen functional groups attached to an aromatic ring is 1. The average molecular weight is 626 g/mol. The molecule has 9 heteroatoms. The zero-order chi connectivity index (χ0) is 31.9. The van der Waals surface area contributed by atoms with Gasteiger partial charge in [-0.2, -0.15) is 0 Å². The Bertz CT molecular complexity index is 1840. The molecule has 3 aromatic rings. The Hall–Kier alpha value is -4.21. The first-order valence-corrected chi connectivity index (χ1v) is 16.0. The molecular weight excluding hydrogens is 588 g/mol. The van der Waals surface area contributed by atoms with E-state index < -0.39 is 5.92 Å². The highest BCUT2D eigenvalue weighted by Crippen LogP contribution is 2.36. The Morgan fingerprint density at radius 2 is 2.09 bits per heavy atom. The summed E-state index contributed by atoms with van der Waals surface area (Å²) in [4.78, 5) is 23.5. The number of rotatable bonds is 7. The van der Waals surface area contributed by atoms with Crippen LogP contribution in [-0.4, -0.2) is 51.9 Å². The van der Waals surface area contributed by atoms with Crippen LogP contribution in [-0.2, 0) is 6.42 Å². The van der Waals surface area contributed by atoms with Crippen LogP contribution in [0.2, 0.25) is 0 Å². The molecule has 0 amide bonds. The van der Waals surface area contributed by atoms with Crippen molar-refractivity contribution in [2.45, 2.75) is 46.0 Å². The fraction of sp³-hybridized carbons (Fsp3) is 0.306. The van der Waals surface area contributed by atoms with Gasteiger partial charge in [-0.1, -0.05) is 49.0 Å². The molecule has 0 unspecified atom stereocenters. The van der Waals surface area contributed by atoms with Gasteiger partial charge in [-0.15, -0.1) is 11.3 Å². The van der Waals surface area contributed by atoms with Crippen LogP contribution < -0.4 is 5.73 Å². The number of nitrogens with zero attached hydrogens (tertiary/aromatic N) is 2. The number of H-pyrrole nitrogens is 1. The second-order valence-corrected chi connectivity index (χ2v) is 13.4. The van der Waals surface area contributed by atoms with Crippen LogP contribution in [0.3, 0.4) is 0 Å². The summed E-state index contributed by atoms with van der Waals surface area (Å²) in [5.41, 5.74) is 14.6. The molecule has 4 N–H and O–H groups in total. The van der Waals surface area contributed by atoms with Crippen molar-refractivity contribution in [1.29, 1.82) is 5.41 Å². The maximum absolute atomic E-state index is 13.9. The molecule has 0 aromatic carbocycles. The van der Waals surface area contributed by atoms with Gasteiger partial charge in [-0.3, -0.25) is 15.1 Å². The maximum Gasteiger partial charge on any atom is 0.261 e. The summed E-state index contributed by atoms with van der Waals surface area (Å²) >= 11 is 1.47. The van der Waals surface area contributed by atoms with Crippen LogP contribution in [0.15, 0.2) is 78.1 Å². The zero-order valence-corrected chi connectivity index (χ0v) is 26.5. The molecule has 6 rings (SSSR count). The van der Waals surface area contributed by atoms with Crippen molar-refractivity contribution in [2.75, 3.05) is 25.4 Å². The predicted octanol–water partition coefficient (Wildman–Crippen LogP) is 7.85. The van der Waals surface area contributed by atoms with Gasteiger partial charge in [0.25, 0.3) is 5.92 Å². The van der Waals surface area contributed by atoms with E-state index in [-0.39, 0.29) is 36.2 Å². The van der Waals surface area contributed by atoms with Gasteiger partial charge in [0, 0.05) is 65.0 Å². The van der Waals surface area contributed by atoms with Crippen molar-refractivity contribution in [1.82, 2.24) is 14.9 Å². The lowest BCUT2D eigenvalue weighted by molar-refractivity contribution is 0.0131. The Kier molecular flexibility index (Phi) is 8.41. The maximum atomic E-state index is 13.9. The van der Waals surface area contributed by atoms with Crippen molar-refractivity contribution >= 4 is 39.8 Å². The Morgan fingerprint density at radius 3 is 2.82 bits per heavy atom. The van der Waals surface area contributed by atoms with Gasteiger partial charge in [0.15, 0.2) is 5.78 Å². The smallest absolute Gasteiger partial charge is 0.261 e. The zero-order valence-electron chi connectivity index (χ0n) is 25.7. The number of aromatic amines is 1. The lowest BCUT2D eigenvalue weighted by Crippen LogP contribution is -2.27. The number of hydrogen-bond donors (Lipinski definition) is 3. The van der Waals surface area contributed by atoms with Crippen LogP contribution in [0.4, 0.5) is 14.6 Å². The van der Waals surface area contributed by atoms with Gasteiger partial charge in [0.05, 0.1) is 22.8 Å². The summed E-state index contributed by atoms with van der Waals surface area (Å²) in [5, 5.41) is 9.22. The molecule has 0 bridgehead atoms. The number of anilines is 1. The lowest BCUT2D eigenvalue weighted by Gasteiger charge is -2.19. The SMILES string of the molecule is CC(=O)c1ccc(C2=CC=C(C)Cc3[nH]c(C(=N)c4cc(C5=CC[C@@H](C)C=CC(CN6CCC(F)(F)C6)=C5)cnc4N)cc32)s1. The lowest BCUT2D eigenvalue weighted by atomic mass is 9.94. The number of aromatic nitrogens is 2. The third-order valence-corrected chi connectivity index (χ3v) is 9.75. The highest BCUT2D eigenvalue weighted by molar-refractivity contribution is 7.15. The minimum absolute atomic E-state index is 0.0382. The number of nitrogens with one attached hydrogen (secondary N) is 2. The van der Waals surface area contributed by atoms with Crippen molar-refractivity contribution < 1.29 is 13.6 Å². The van der Waals surface area contributed by atoms with Crippen molar-refractivity contribution in [2.24, 2.45) is 5.92 Å². The number of likely N-dealkylation sites (tertiary alicyclic amines) is 1. The van der Waals surface area contributed by atoms with Gasteiger partial charge in [0.1, 0.15) is 5.82 Å². The number of Topliss-reactive ketones (excluding diaryl/α,β-unsaturated/α-hetero) is 1. The number of halogens is 2. The molecule has 45 heavy (non-hydrogen) atoms. The summed E-state index contributed by atoms with van der Waals surface area (Å²) in [6.45, 7) is 6.36. The number of allylic oxidation sites excluding steroid dienone is 7. The van der Waals surface area contributed by atoms with E-state index in [1.807, 2.05) is 36.4 Å². The molecule has 0 spiro atoms. The van der Waals surface area contributed by atoms with Crippen LogP contribution in [0.1, 0.15) is 76.2 Å². The molecule has 6 nitrogen and oxygen atoms in total. The number of alkyl halides is 2. The highest BCUT2D eigenvalue weighted by atomic mass is 32.1. The molecule has 0 saturated carbocycles. The van der Waals surface area contributed by atoms with E-state index in [1.54, 1.807) is 18.0 Å². The number of hydrogen-bond acceptors (Lipinski definition) is 6. The number of nitrogens with two attached hydrogens (primary N) is 1. The molecule has 1 atom stereocenters. The van der Waals surface area contributed by atoms with E-state index in [9.17, 15) is 19.0 Å². The first-order valence-electron chi connectivity index (χ1n) is 15.2. The molecule has 3 aromatic heterocycles. The Balaban J connectivity index is 1.32. The third-order valence-electron chi connectivity index (χ3n) is 8.53. The number of fused-ring (bicyclic) bond motifs is 1. The van der Waals surface area contributed by atoms with Crippen molar-refractivity contribution in [3.8, 4) is 0 Å². The number of thiophene rings is 1. The fourth-order valence-electron chi connectivity index (χ4n) is 6.02. The normalized spacial score (nSPS) is 19.9. The molecule has 1 aliphatic heterocycles. The predicted molar refractivity (Wildman–Crippen MR) is 179 cm³/mol. The third kappa shape index (κ3) is 6.74. The first-order chi connectivity index (χ1) is 21.5. The molecule has 232 valence electrons. The summed E-state index contributed by atoms with van der Waals surface area (Å²) in [6, 6.07) is 7.72. The van der Waals surface area contributed by atoms with Crippen molar-refractivity contribution in [3.63, 3.8) is 0 Å². The Labute approximate surface area is 266 Å². The van der Waals surface area contributed by atoms with Gasteiger partial charge in [0.2, 0.25) is 0 Å².